The van der Waals surface area contributed by atoms with Gasteiger partial charge in [-0.2, -0.15) is 10.1 Å². The number of nitrogens with one attached hydrogen (secondary N) is 2. The Bertz CT molecular complexity index is 1110. The first-order chi connectivity index (χ1) is 12.8. The monoisotopic (exact) mass is 345 g/mol. The fourth-order valence-electron chi connectivity index (χ4n) is 2.66. The Morgan fingerprint density at radius 1 is 1.12 bits per heavy atom. The number of amides is 1. The zero-order valence-electron chi connectivity index (χ0n) is 13.9. The van der Waals surface area contributed by atoms with E-state index in [4.69, 9.17) is 4.52 Å². The van der Waals surface area contributed by atoms with Crippen molar-refractivity contribution in [2.75, 3.05) is 7.05 Å². The molecule has 0 aliphatic carbocycles. The van der Waals surface area contributed by atoms with Gasteiger partial charge in [-0.1, -0.05) is 53.7 Å². The summed E-state index contributed by atoms with van der Waals surface area (Å²) in [4.78, 5) is 15.8. The van der Waals surface area contributed by atoms with Crippen molar-refractivity contribution < 1.29 is 9.32 Å². The van der Waals surface area contributed by atoms with Crippen LogP contribution in [0.4, 0.5) is 0 Å². The molecule has 0 saturated carbocycles. The summed E-state index contributed by atoms with van der Waals surface area (Å²) in [5.41, 5.74) is 3.48. The summed E-state index contributed by atoms with van der Waals surface area (Å²) in [7, 11) is 1.51. The molecule has 4 rings (SSSR count). The van der Waals surface area contributed by atoms with Crippen LogP contribution < -0.4 is 5.32 Å². The van der Waals surface area contributed by atoms with E-state index in [2.05, 4.69) is 25.7 Å². The highest BCUT2D eigenvalue weighted by atomic mass is 16.5. The summed E-state index contributed by atoms with van der Waals surface area (Å²) in [6, 6.07) is 15.5. The minimum Gasteiger partial charge on any atom is -0.351 e. The van der Waals surface area contributed by atoms with Gasteiger partial charge in [-0.05, 0) is 17.7 Å². The topological polar surface area (TPSA) is 96.7 Å². The highest BCUT2D eigenvalue weighted by Gasteiger charge is 2.16. The predicted octanol–water partition coefficient (Wildman–Crippen LogP) is 3.14. The van der Waals surface area contributed by atoms with Gasteiger partial charge in [0, 0.05) is 18.0 Å². The van der Waals surface area contributed by atoms with Gasteiger partial charge in [0.15, 0.2) is 0 Å². The molecule has 0 fully saturated rings. The molecule has 26 heavy (non-hydrogen) atoms. The number of carbonyl (C=O) groups excluding carboxylic acids is 1. The van der Waals surface area contributed by atoms with Gasteiger partial charge in [0.1, 0.15) is 0 Å². The zero-order valence-corrected chi connectivity index (χ0v) is 13.9. The Hall–Kier alpha value is -3.74. The summed E-state index contributed by atoms with van der Waals surface area (Å²) < 4.78 is 5.02. The molecule has 0 radical (unpaired) electrons. The molecule has 2 heterocycles. The van der Waals surface area contributed by atoms with Crippen molar-refractivity contribution in [3.05, 3.63) is 65.7 Å². The van der Waals surface area contributed by atoms with Gasteiger partial charge in [0.2, 0.25) is 5.82 Å². The second-order valence-electron chi connectivity index (χ2n) is 5.58. The Kier molecular flexibility index (Phi) is 4.03. The van der Waals surface area contributed by atoms with Gasteiger partial charge < -0.3 is 9.84 Å². The van der Waals surface area contributed by atoms with Gasteiger partial charge >= 0.3 is 11.8 Å². The average Bonchev–Trinajstić information content (AvgIpc) is 3.33. The lowest BCUT2D eigenvalue weighted by Gasteiger charge is -2.00. The van der Waals surface area contributed by atoms with Gasteiger partial charge in [-0.15, -0.1) is 0 Å². The first-order valence-electron chi connectivity index (χ1n) is 8.02. The fourth-order valence-corrected chi connectivity index (χ4v) is 2.66. The number of rotatable bonds is 4. The molecule has 1 amide bonds. The number of aromatic nitrogens is 4. The number of benzene rings is 2. The molecule has 7 heteroatoms. The highest BCUT2D eigenvalue weighted by molar-refractivity contribution is 5.91. The largest absolute Gasteiger partial charge is 0.351 e. The van der Waals surface area contributed by atoms with Crippen LogP contribution in [-0.4, -0.2) is 33.3 Å². The van der Waals surface area contributed by atoms with E-state index in [1.54, 1.807) is 0 Å². The van der Waals surface area contributed by atoms with Crippen molar-refractivity contribution >= 4 is 29.0 Å². The highest BCUT2D eigenvalue weighted by Crippen LogP contribution is 2.24. The second kappa shape index (κ2) is 6.64. The van der Waals surface area contributed by atoms with E-state index in [0.717, 1.165) is 27.7 Å². The van der Waals surface area contributed by atoms with Gasteiger partial charge in [0.05, 0.1) is 11.2 Å². The van der Waals surface area contributed by atoms with Crippen LogP contribution in [0.2, 0.25) is 0 Å². The van der Waals surface area contributed by atoms with Crippen LogP contribution in [0, 0.1) is 0 Å². The Morgan fingerprint density at radius 2 is 1.92 bits per heavy atom. The molecule has 0 atom stereocenters. The lowest BCUT2D eigenvalue weighted by Crippen LogP contribution is -2.17. The summed E-state index contributed by atoms with van der Waals surface area (Å²) in [6.07, 6.45) is 3.87. The normalized spacial score (nSPS) is 11.3. The Labute approximate surface area is 148 Å². The summed E-state index contributed by atoms with van der Waals surface area (Å²) in [5.74, 6) is -0.130. The maximum atomic E-state index is 11.6. The van der Waals surface area contributed by atoms with E-state index in [0.29, 0.717) is 5.82 Å². The van der Waals surface area contributed by atoms with Crippen molar-refractivity contribution in [2.45, 2.75) is 0 Å². The molecule has 0 spiro atoms. The average molecular weight is 345 g/mol. The summed E-state index contributed by atoms with van der Waals surface area (Å²) >= 11 is 0. The standard InChI is InChI=1S/C19H15N5O2/c1-20-18(25)19-21-17(24-26-19)13-7-3-2-6-12(13)10-11-16-14-8-4-5-9-15(14)22-23-16/h2-11H,1H3,(H,20,25)(H,22,23). The van der Waals surface area contributed by atoms with E-state index in [1.165, 1.54) is 7.05 Å². The predicted molar refractivity (Wildman–Crippen MR) is 98.1 cm³/mol. The maximum Gasteiger partial charge on any atom is 0.316 e. The number of carbonyl (C=O) groups is 1. The first kappa shape index (κ1) is 15.8. The molecule has 7 nitrogen and oxygen atoms in total. The van der Waals surface area contributed by atoms with Crippen molar-refractivity contribution in [1.29, 1.82) is 0 Å². The van der Waals surface area contributed by atoms with Gasteiger partial charge in [0.25, 0.3) is 0 Å². The van der Waals surface area contributed by atoms with Crippen LogP contribution in [-0.2, 0) is 0 Å². The molecule has 4 aromatic rings. The molecular weight excluding hydrogens is 330 g/mol. The molecule has 2 aromatic heterocycles. The minimum atomic E-state index is -0.417. The SMILES string of the molecule is CNC(=O)c1nc(-c2ccccc2C=Cc2n[nH]c3ccccc23)no1. The van der Waals surface area contributed by atoms with Gasteiger partial charge in [-0.25, -0.2) is 0 Å². The number of nitrogens with zero attached hydrogens (tertiary/aromatic N) is 3. The van der Waals surface area contributed by atoms with E-state index in [9.17, 15) is 4.79 Å². The minimum absolute atomic E-state index is 0.0698. The summed E-state index contributed by atoms with van der Waals surface area (Å²) in [6.45, 7) is 0. The first-order valence-corrected chi connectivity index (χ1v) is 8.02. The Balaban J connectivity index is 1.70. The van der Waals surface area contributed by atoms with Crippen LogP contribution in [0.1, 0.15) is 21.9 Å². The number of H-pyrrole nitrogens is 1. The molecule has 128 valence electrons. The molecule has 0 bridgehead atoms. The third-order valence-electron chi connectivity index (χ3n) is 3.97. The third kappa shape index (κ3) is 2.86. The van der Waals surface area contributed by atoms with Gasteiger partial charge in [-0.3, -0.25) is 9.89 Å². The number of aromatic amines is 1. The molecular formula is C19H15N5O2. The molecule has 2 aromatic carbocycles. The van der Waals surface area contributed by atoms with Crippen LogP contribution in [0.5, 0.6) is 0 Å². The number of hydrogen-bond donors (Lipinski definition) is 2. The maximum absolute atomic E-state index is 11.6. The molecule has 0 aliphatic heterocycles. The zero-order chi connectivity index (χ0) is 17.9. The van der Waals surface area contributed by atoms with Crippen LogP contribution in [0.25, 0.3) is 34.4 Å². The number of fused-ring (bicyclic) bond motifs is 1. The third-order valence-corrected chi connectivity index (χ3v) is 3.97. The van der Waals surface area contributed by atoms with Crippen molar-refractivity contribution in [3.8, 4) is 11.4 Å². The van der Waals surface area contributed by atoms with E-state index in [-0.39, 0.29) is 5.89 Å². The fraction of sp³-hybridized carbons (Fsp3) is 0.0526. The lowest BCUT2D eigenvalue weighted by atomic mass is 10.1. The quantitative estimate of drug-likeness (QED) is 0.592. The Morgan fingerprint density at radius 3 is 2.81 bits per heavy atom. The molecule has 0 saturated heterocycles. The summed E-state index contributed by atoms with van der Waals surface area (Å²) in [5, 5.41) is 14.8. The van der Waals surface area contributed by atoms with E-state index < -0.39 is 5.91 Å². The van der Waals surface area contributed by atoms with Crippen LogP contribution in [0.15, 0.2) is 53.1 Å². The molecule has 0 aliphatic rings. The van der Waals surface area contributed by atoms with Crippen molar-refractivity contribution in [3.63, 3.8) is 0 Å². The number of para-hydroxylation sites is 1. The molecule has 0 unspecified atom stereocenters. The second-order valence-corrected chi connectivity index (χ2v) is 5.58. The van der Waals surface area contributed by atoms with E-state index in [1.807, 2.05) is 60.7 Å². The molecule has 2 N–H and O–H groups in total. The van der Waals surface area contributed by atoms with Crippen molar-refractivity contribution in [1.82, 2.24) is 25.7 Å². The lowest BCUT2D eigenvalue weighted by molar-refractivity contribution is 0.0919. The van der Waals surface area contributed by atoms with Crippen LogP contribution in [0.3, 0.4) is 0 Å². The van der Waals surface area contributed by atoms with Crippen LogP contribution >= 0.6 is 0 Å². The smallest absolute Gasteiger partial charge is 0.316 e. The van der Waals surface area contributed by atoms with Crippen molar-refractivity contribution in [2.24, 2.45) is 0 Å². The van der Waals surface area contributed by atoms with E-state index >= 15 is 0 Å². The number of hydrogen-bond acceptors (Lipinski definition) is 5.